The third-order valence-corrected chi connectivity index (χ3v) is 2.98. The predicted molar refractivity (Wildman–Crippen MR) is 75.8 cm³/mol. The molecule has 0 heterocycles. The lowest BCUT2D eigenvalue weighted by atomic mass is 10.0. The quantitative estimate of drug-likeness (QED) is 0.312. The number of hydrogen-bond donors (Lipinski definition) is 0. The van der Waals surface area contributed by atoms with Gasteiger partial charge in [-0.15, -0.1) is 0 Å². The van der Waals surface area contributed by atoms with E-state index < -0.39 is 0 Å². The van der Waals surface area contributed by atoms with Gasteiger partial charge in [0.1, 0.15) is 0 Å². The second-order valence-electron chi connectivity index (χ2n) is 4.90. The van der Waals surface area contributed by atoms with Gasteiger partial charge >= 0.3 is 0 Å². The molecular weight excluding hydrogens is 192 g/mol. The van der Waals surface area contributed by atoms with E-state index >= 15 is 0 Å². The minimum atomic E-state index is 1.22. The zero-order valence-corrected chi connectivity index (χ0v) is 11.6. The van der Waals surface area contributed by atoms with Crippen molar-refractivity contribution in [1.82, 2.24) is 0 Å². The van der Waals surface area contributed by atoms with Crippen molar-refractivity contribution in [2.24, 2.45) is 0 Å². The standard InChI is InChI=1S/C16H30/c1-5-11-15(3)13-9-7-8-10-14-16(4)12-6-2/h14H,3,5-13H2,1-2,4H3. The molecule has 0 nitrogen and oxygen atoms in total. The van der Waals surface area contributed by atoms with E-state index in [-0.39, 0.29) is 0 Å². The largest absolute Gasteiger partial charge is 0.0999 e. The van der Waals surface area contributed by atoms with E-state index in [0.29, 0.717) is 0 Å². The van der Waals surface area contributed by atoms with Crippen molar-refractivity contribution in [2.75, 3.05) is 0 Å². The molecule has 0 bridgehead atoms. The van der Waals surface area contributed by atoms with E-state index in [1.807, 2.05) is 0 Å². The Kier molecular flexibility index (Phi) is 10.6. The van der Waals surface area contributed by atoms with Gasteiger partial charge in [-0.2, -0.15) is 0 Å². The van der Waals surface area contributed by atoms with Gasteiger partial charge in [0.2, 0.25) is 0 Å². The van der Waals surface area contributed by atoms with Crippen LogP contribution in [-0.2, 0) is 0 Å². The number of hydrogen-bond acceptors (Lipinski definition) is 0. The lowest BCUT2D eigenvalue weighted by molar-refractivity contribution is 0.667. The molecule has 0 aromatic carbocycles. The summed E-state index contributed by atoms with van der Waals surface area (Å²) in [4.78, 5) is 0. The Bertz CT molecular complexity index is 198. The summed E-state index contributed by atoms with van der Waals surface area (Å²) < 4.78 is 0. The fourth-order valence-electron chi connectivity index (χ4n) is 2.02. The van der Waals surface area contributed by atoms with E-state index in [1.165, 1.54) is 63.4 Å². The molecule has 0 N–H and O–H groups in total. The van der Waals surface area contributed by atoms with Crippen molar-refractivity contribution < 1.29 is 0 Å². The van der Waals surface area contributed by atoms with Crippen LogP contribution in [-0.4, -0.2) is 0 Å². The predicted octanol–water partition coefficient (Wildman–Crippen LogP) is 6.04. The Balaban J connectivity index is 3.33. The average Bonchev–Trinajstić information content (AvgIpc) is 2.24. The van der Waals surface area contributed by atoms with Gasteiger partial charge in [0, 0.05) is 0 Å². The van der Waals surface area contributed by atoms with Gasteiger partial charge in [0.05, 0.1) is 0 Å². The van der Waals surface area contributed by atoms with Gasteiger partial charge in [0.15, 0.2) is 0 Å². The minimum Gasteiger partial charge on any atom is -0.0999 e. The van der Waals surface area contributed by atoms with Crippen molar-refractivity contribution in [3.63, 3.8) is 0 Å². The van der Waals surface area contributed by atoms with Crippen molar-refractivity contribution in [3.8, 4) is 0 Å². The van der Waals surface area contributed by atoms with E-state index in [2.05, 4.69) is 33.4 Å². The van der Waals surface area contributed by atoms with Crippen LogP contribution in [0.3, 0.4) is 0 Å². The monoisotopic (exact) mass is 222 g/mol. The SMILES string of the molecule is C=C(CCC)CCCCCC=C(C)CCC. The van der Waals surface area contributed by atoms with Crippen LogP contribution in [0.25, 0.3) is 0 Å². The van der Waals surface area contributed by atoms with Crippen LogP contribution >= 0.6 is 0 Å². The topological polar surface area (TPSA) is 0 Å². The Morgan fingerprint density at radius 1 is 0.938 bits per heavy atom. The van der Waals surface area contributed by atoms with Gasteiger partial charge < -0.3 is 0 Å². The maximum atomic E-state index is 4.10. The lowest BCUT2D eigenvalue weighted by Gasteiger charge is -2.03. The molecule has 0 heteroatoms. The summed E-state index contributed by atoms with van der Waals surface area (Å²) >= 11 is 0. The summed E-state index contributed by atoms with van der Waals surface area (Å²) in [6, 6.07) is 0. The molecule has 0 rings (SSSR count). The number of allylic oxidation sites excluding steroid dienone is 3. The van der Waals surface area contributed by atoms with E-state index in [4.69, 9.17) is 0 Å². The molecule has 0 aromatic heterocycles. The minimum absolute atomic E-state index is 1.22. The highest BCUT2D eigenvalue weighted by Gasteiger charge is 1.94. The molecule has 16 heavy (non-hydrogen) atoms. The third kappa shape index (κ3) is 10.0. The van der Waals surface area contributed by atoms with Crippen molar-refractivity contribution >= 4 is 0 Å². The third-order valence-electron chi connectivity index (χ3n) is 2.98. The van der Waals surface area contributed by atoms with Crippen LogP contribution in [0.5, 0.6) is 0 Å². The van der Waals surface area contributed by atoms with Crippen LogP contribution in [0.15, 0.2) is 23.8 Å². The molecule has 0 unspecified atom stereocenters. The second-order valence-corrected chi connectivity index (χ2v) is 4.90. The zero-order chi connectivity index (χ0) is 12.2. The normalized spacial score (nSPS) is 11.8. The summed E-state index contributed by atoms with van der Waals surface area (Å²) in [5.74, 6) is 0. The molecule has 0 saturated carbocycles. The maximum Gasteiger partial charge on any atom is -0.0323 e. The molecule has 0 aliphatic heterocycles. The van der Waals surface area contributed by atoms with Crippen LogP contribution in [0.2, 0.25) is 0 Å². The molecule has 0 atom stereocenters. The second kappa shape index (κ2) is 11.0. The molecule has 94 valence electrons. The molecule has 0 spiro atoms. The molecule has 0 fully saturated rings. The Morgan fingerprint density at radius 2 is 1.62 bits per heavy atom. The van der Waals surface area contributed by atoms with Gasteiger partial charge in [0.25, 0.3) is 0 Å². The van der Waals surface area contributed by atoms with E-state index in [1.54, 1.807) is 5.57 Å². The smallest absolute Gasteiger partial charge is 0.0323 e. The van der Waals surface area contributed by atoms with Crippen LogP contribution in [0.4, 0.5) is 0 Å². The Hall–Kier alpha value is -0.520. The van der Waals surface area contributed by atoms with E-state index in [0.717, 1.165) is 0 Å². The number of unbranched alkanes of at least 4 members (excludes halogenated alkanes) is 3. The van der Waals surface area contributed by atoms with Crippen LogP contribution in [0, 0.1) is 0 Å². The molecule has 0 radical (unpaired) electrons. The summed E-state index contributed by atoms with van der Waals surface area (Å²) in [5, 5.41) is 0. The summed E-state index contributed by atoms with van der Waals surface area (Å²) in [6.45, 7) is 10.8. The Labute approximate surface area is 103 Å². The van der Waals surface area contributed by atoms with Crippen molar-refractivity contribution in [1.29, 1.82) is 0 Å². The first-order valence-corrected chi connectivity index (χ1v) is 7.03. The summed E-state index contributed by atoms with van der Waals surface area (Å²) in [7, 11) is 0. The maximum absolute atomic E-state index is 4.10. The van der Waals surface area contributed by atoms with Gasteiger partial charge in [-0.3, -0.25) is 0 Å². The first kappa shape index (κ1) is 15.5. The average molecular weight is 222 g/mol. The van der Waals surface area contributed by atoms with Crippen LogP contribution < -0.4 is 0 Å². The fraction of sp³-hybridized carbons (Fsp3) is 0.750. The van der Waals surface area contributed by atoms with Gasteiger partial charge in [-0.05, 0) is 45.4 Å². The molecule has 0 amide bonds. The summed E-state index contributed by atoms with van der Waals surface area (Å²) in [6.07, 6.45) is 14.0. The van der Waals surface area contributed by atoms with E-state index in [9.17, 15) is 0 Å². The molecule has 0 aromatic rings. The molecule has 0 saturated heterocycles. The highest BCUT2D eigenvalue weighted by Crippen LogP contribution is 2.14. The molecular formula is C16H30. The summed E-state index contributed by atoms with van der Waals surface area (Å²) in [5.41, 5.74) is 3.01. The fourth-order valence-corrected chi connectivity index (χ4v) is 2.02. The van der Waals surface area contributed by atoms with Crippen molar-refractivity contribution in [3.05, 3.63) is 23.8 Å². The first-order valence-electron chi connectivity index (χ1n) is 7.03. The van der Waals surface area contributed by atoms with Gasteiger partial charge in [-0.25, -0.2) is 0 Å². The van der Waals surface area contributed by atoms with Crippen LogP contribution in [0.1, 0.15) is 78.6 Å². The van der Waals surface area contributed by atoms with Gasteiger partial charge in [-0.1, -0.05) is 56.9 Å². The number of rotatable bonds is 10. The lowest BCUT2D eigenvalue weighted by Crippen LogP contribution is -1.83. The molecule has 0 aliphatic carbocycles. The first-order chi connectivity index (χ1) is 7.70. The van der Waals surface area contributed by atoms with Crippen molar-refractivity contribution in [2.45, 2.75) is 78.6 Å². The molecule has 0 aliphatic rings. The highest BCUT2D eigenvalue weighted by atomic mass is 14.0. The highest BCUT2D eigenvalue weighted by molar-refractivity contribution is 4.97. The zero-order valence-electron chi connectivity index (χ0n) is 11.6. The Morgan fingerprint density at radius 3 is 2.25 bits per heavy atom.